The third-order valence-electron chi connectivity index (χ3n) is 7.73. The minimum absolute atomic E-state index is 0.0682. The van der Waals surface area contributed by atoms with Crippen LogP contribution in [0.1, 0.15) is 65.0 Å². The summed E-state index contributed by atoms with van der Waals surface area (Å²) in [5.74, 6) is -1.58. The van der Waals surface area contributed by atoms with Crippen LogP contribution >= 0.6 is 0 Å². The summed E-state index contributed by atoms with van der Waals surface area (Å²) in [6, 6.07) is 14.4. The van der Waals surface area contributed by atoms with Crippen molar-refractivity contribution in [3.63, 3.8) is 0 Å². The zero-order valence-corrected chi connectivity index (χ0v) is 22.5. The van der Waals surface area contributed by atoms with E-state index in [1.54, 1.807) is 13.8 Å². The second-order valence-corrected chi connectivity index (χ2v) is 11.6. The van der Waals surface area contributed by atoms with Crippen LogP contribution in [0.15, 0.2) is 48.5 Å². The molecule has 40 heavy (non-hydrogen) atoms. The second kappa shape index (κ2) is 9.41. The topological polar surface area (TPSA) is 135 Å². The van der Waals surface area contributed by atoms with E-state index in [0.717, 1.165) is 51.6 Å². The van der Waals surface area contributed by atoms with Gasteiger partial charge in [0.25, 0.3) is 0 Å². The fourth-order valence-electron chi connectivity index (χ4n) is 5.73. The van der Waals surface area contributed by atoms with Crippen molar-refractivity contribution in [3.05, 3.63) is 76.6 Å². The highest BCUT2D eigenvalue weighted by atomic mass is 19.1. The van der Waals surface area contributed by atoms with E-state index in [1.807, 2.05) is 12.1 Å². The van der Waals surface area contributed by atoms with Crippen molar-refractivity contribution in [2.45, 2.75) is 51.6 Å². The molecule has 1 aromatic heterocycles. The van der Waals surface area contributed by atoms with Gasteiger partial charge >= 0.3 is 0 Å². The van der Waals surface area contributed by atoms with Gasteiger partial charge in [-0.1, -0.05) is 49.2 Å². The van der Waals surface area contributed by atoms with Crippen molar-refractivity contribution < 1.29 is 19.1 Å². The van der Waals surface area contributed by atoms with Gasteiger partial charge in [-0.15, -0.1) is 0 Å². The number of carbonyl (C=O) groups is 2. The maximum atomic E-state index is 14.3. The van der Waals surface area contributed by atoms with Gasteiger partial charge in [0.05, 0.1) is 27.8 Å². The normalized spacial score (nSPS) is 13.9. The molecule has 0 saturated heterocycles. The standard InChI is InChI=1S/C32H31FN4O3/c1-32(2,40)15-18-8-10-21-23(12-18)22-11-17(6-5-16-3-4-16)7-9-20(22)27-28(21)37-31(36-27)26-24(29(34)38)13-19(33)14-25(26)30(35)39/h7-14,16,40H,3-6,15H2,1-2H3,(H2,34,38)(H2,35,39)(H,36,37). The molecule has 1 aliphatic carbocycles. The minimum atomic E-state index is -0.899. The Balaban J connectivity index is 1.64. The number of aryl methyl sites for hydroxylation is 1. The largest absolute Gasteiger partial charge is 0.390 e. The van der Waals surface area contributed by atoms with Gasteiger partial charge in [0.15, 0.2) is 0 Å². The van der Waals surface area contributed by atoms with Crippen molar-refractivity contribution in [1.29, 1.82) is 0 Å². The molecule has 1 aliphatic rings. The molecule has 204 valence electrons. The summed E-state index contributed by atoms with van der Waals surface area (Å²) >= 11 is 0. The monoisotopic (exact) mass is 538 g/mol. The lowest BCUT2D eigenvalue weighted by Gasteiger charge is -2.18. The number of H-pyrrole nitrogens is 1. The number of nitrogens with two attached hydrogens (primary N) is 2. The average Bonchev–Trinajstić information content (AvgIpc) is 3.62. The van der Waals surface area contributed by atoms with Gasteiger partial charge in [0.1, 0.15) is 11.6 Å². The summed E-state index contributed by atoms with van der Waals surface area (Å²) in [4.78, 5) is 32.7. The molecule has 1 fully saturated rings. The summed E-state index contributed by atoms with van der Waals surface area (Å²) < 4.78 is 14.3. The van der Waals surface area contributed by atoms with Crippen LogP contribution in [0.4, 0.5) is 4.39 Å². The first-order chi connectivity index (χ1) is 19.0. The van der Waals surface area contributed by atoms with Gasteiger partial charge in [-0.25, -0.2) is 9.37 Å². The van der Waals surface area contributed by atoms with Crippen LogP contribution in [0.5, 0.6) is 0 Å². The Kier molecular flexibility index (Phi) is 6.11. The molecule has 6 N–H and O–H groups in total. The van der Waals surface area contributed by atoms with E-state index in [1.165, 1.54) is 24.8 Å². The van der Waals surface area contributed by atoms with E-state index in [-0.39, 0.29) is 22.5 Å². The molecule has 2 amide bonds. The Hall–Kier alpha value is -4.30. The second-order valence-electron chi connectivity index (χ2n) is 11.6. The van der Waals surface area contributed by atoms with Crippen LogP contribution in [0.3, 0.4) is 0 Å². The van der Waals surface area contributed by atoms with Gasteiger partial charge in [0, 0.05) is 22.8 Å². The molecule has 7 nitrogen and oxygen atoms in total. The Morgan fingerprint density at radius 1 is 0.950 bits per heavy atom. The van der Waals surface area contributed by atoms with E-state index < -0.39 is 23.2 Å². The maximum absolute atomic E-state index is 14.3. The van der Waals surface area contributed by atoms with Crippen LogP contribution < -0.4 is 11.5 Å². The number of nitrogens with one attached hydrogen (secondary N) is 1. The van der Waals surface area contributed by atoms with Crippen molar-refractivity contribution in [2.75, 3.05) is 0 Å². The fourth-order valence-corrected chi connectivity index (χ4v) is 5.73. The summed E-state index contributed by atoms with van der Waals surface area (Å²) in [6.07, 6.45) is 5.25. The summed E-state index contributed by atoms with van der Waals surface area (Å²) in [6.45, 7) is 3.57. The Bertz CT molecular complexity index is 1810. The number of hydrogen-bond donors (Lipinski definition) is 4. The molecular formula is C32H31FN4O3. The fraction of sp³-hybridized carbons (Fsp3) is 0.281. The predicted octanol–water partition coefficient (Wildman–Crippen LogP) is 5.53. The first-order valence-electron chi connectivity index (χ1n) is 13.5. The molecule has 8 heteroatoms. The average molecular weight is 539 g/mol. The predicted molar refractivity (Wildman–Crippen MR) is 155 cm³/mol. The summed E-state index contributed by atoms with van der Waals surface area (Å²) in [5.41, 5.74) is 13.6. The molecule has 5 aromatic rings. The molecular weight excluding hydrogens is 507 g/mol. The van der Waals surface area contributed by atoms with Gasteiger partial charge in [-0.2, -0.15) is 0 Å². The number of aromatic amines is 1. The Labute approximate surface area is 230 Å². The van der Waals surface area contributed by atoms with Gasteiger partial charge in [-0.05, 0) is 66.6 Å². The molecule has 0 aliphatic heterocycles. The Morgan fingerprint density at radius 2 is 1.55 bits per heavy atom. The number of hydrogen-bond acceptors (Lipinski definition) is 4. The van der Waals surface area contributed by atoms with Crippen LogP contribution in [-0.4, -0.2) is 32.5 Å². The highest BCUT2D eigenvalue weighted by Gasteiger charge is 2.25. The number of carbonyl (C=O) groups excluding carboxylic acids is 2. The van der Waals surface area contributed by atoms with Gasteiger partial charge in [-0.3, -0.25) is 9.59 Å². The summed E-state index contributed by atoms with van der Waals surface area (Å²) in [5, 5.41) is 14.3. The smallest absolute Gasteiger partial charge is 0.249 e. The SMILES string of the molecule is CC(C)(O)Cc1ccc2c(c1)c1cc(CCC3CC3)ccc1c1nc(-c3c(C(N)=O)cc(F)cc3C(N)=O)[nH]c21. The number of benzene rings is 4. The zero-order chi connectivity index (χ0) is 28.3. The lowest BCUT2D eigenvalue weighted by Crippen LogP contribution is -2.21. The van der Waals surface area contributed by atoms with E-state index in [9.17, 15) is 19.1 Å². The number of halogens is 1. The van der Waals surface area contributed by atoms with Crippen LogP contribution in [0, 0.1) is 11.7 Å². The quantitative estimate of drug-likeness (QED) is 0.193. The first kappa shape index (κ1) is 26.0. The molecule has 1 saturated carbocycles. The number of fused-ring (bicyclic) bond motifs is 6. The molecule has 4 aromatic carbocycles. The molecule has 0 atom stereocenters. The van der Waals surface area contributed by atoms with Gasteiger partial charge in [0.2, 0.25) is 11.8 Å². The number of aliphatic hydroxyl groups is 1. The van der Waals surface area contributed by atoms with E-state index in [0.29, 0.717) is 17.5 Å². The lowest BCUT2D eigenvalue weighted by molar-refractivity contribution is 0.0810. The summed E-state index contributed by atoms with van der Waals surface area (Å²) in [7, 11) is 0. The molecule has 1 heterocycles. The van der Waals surface area contributed by atoms with E-state index in [4.69, 9.17) is 16.5 Å². The molecule has 6 rings (SSSR count). The van der Waals surface area contributed by atoms with E-state index >= 15 is 0 Å². The highest BCUT2D eigenvalue weighted by Crippen LogP contribution is 2.39. The lowest BCUT2D eigenvalue weighted by atomic mass is 9.92. The van der Waals surface area contributed by atoms with E-state index in [2.05, 4.69) is 29.2 Å². The number of rotatable bonds is 8. The highest BCUT2D eigenvalue weighted by molar-refractivity contribution is 6.24. The number of imidazole rings is 1. The number of aromatic nitrogens is 2. The van der Waals surface area contributed by atoms with Crippen LogP contribution in [-0.2, 0) is 12.8 Å². The molecule has 0 unspecified atom stereocenters. The molecule has 0 radical (unpaired) electrons. The minimum Gasteiger partial charge on any atom is -0.390 e. The van der Waals surface area contributed by atoms with Crippen LogP contribution in [0.25, 0.3) is 44.0 Å². The first-order valence-corrected chi connectivity index (χ1v) is 13.5. The van der Waals surface area contributed by atoms with Gasteiger partial charge < -0.3 is 21.6 Å². The van der Waals surface area contributed by atoms with Crippen molar-refractivity contribution in [2.24, 2.45) is 17.4 Å². The zero-order valence-electron chi connectivity index (χ0n) is 22.5. The number of primary amides is 2. The van der Waals surface area contributed by atoms with Crippen molar-refractivity contribution in [3.8, 4) is 11.4 Å². The molecule has 0 spiro atoms. The number of nitrogens with zero attached hydrogens (tertiary/aromatic N) is 1. The van der Waals surface area contributed by atoms with Crippen LogP contribution in [0.2, 0.25) is 0 Å². The van der Waals surface area contributed by atoms with Crippen molar-refractivity contribution in [1.82, 2.24) is 9.97 Å². The third-order valence-corrected chi connectivity index (χ3v) is 7.73. The molecule has 0 bridgehead atoms. The Morgan fingerprint density at radius 3 is 2.17 bits per heavy atom. The third kappa shape index (κ3) is 4.79. The maximum Gasteiger partial charge on any atom is 0.249 e. The number of amides is 2. The van der Waals surface area contributed by atoms with Crippen molar-refractivity contribution >= 4 is 44.4 Å².